The van der Waals surface area contributed by atoms with Crippen molar-refractivity contribution in [3.05, 3.63) is 15.6 Å². The topological polar surface area (TPSA) is 106 Å². The minimum Gasteiger partial charge on any atom is -0.452 e. The van der Waals surface area contributed by atoms with E-state index >= 15 is 0 Å². The van der Waals surface area contributed by atoms with Crippen molar-refractivity contribution in [3.63, 3.8) is 0 Å². The average molecular weight is 159 g/mol. The number of carbonyl (C=O) groups is 1. The molecule has 0 bridgehead atoms. The van der Waals surface area contributed by atoms with E-state index in [0.717, 1.165) is 0 Å². The average Bonchev–Trinajstić information content (AvgIpc) is 1.88. The zero-order valence-corrected chi connectivity index (χ0v) is 5.68. The Bertz CT molecular complexity index is 229. The van der Waals surface area contributed by atoms with Crippen LogP contribution >= 0.6 is 0 Å². The molecule has 0 aromatic heterocycles. The van der Waals surface area contributed by atoms with Crippen molar-refractivity contribution in [2.75, 3.05) is 6.61 Å². The predicted molar refractivity (Wildman–Crippen MR) is 32.3 cm³/mol. The molecule has 0 amide bonds. The number of hydrogen-bond donors (Lipinski definition) is 0. The number of nitrogens with zero attached hydrogens (tertiary/aromatic N) is 3. The second-order valence-corrected chi connectivity index (χ2v) is 1.40. The highest BCUT2D eigenvalue weighted by atomic mass is 16.6. The van der Waals surface area contributed by atoms with Gasteiger partial charge in [0.05, 0.1) is 6.61 Å². The van der Waals surface area contributed by atoms with Gasteiger partial charge in [0.15, 0.2) is 4.92 Å². The van der Waals surface area contributed by atoms with E-state index in [2.05, 4.69) is 9.53 Å². The number of hydrogen-bond acceptors (Lipinski definition) is 4. The Morgan fingerprint density at radius 2 is 2.36 bits per heavy atom. The molecule has 0 aromatic rings. The highest BCUT2D eigenvalue weighted by Crippen LogP contribution is 1.81. The van der Waals surface area contributed by atoms with Gasteiger partial charge in [-0.1, -0.05) is 4.79 Å². The van der Waals surface area contributed by atoms with Gasteiger partial charge in [-0.25, -0.2) is 4.79 Å². The van der Waals surface area contributed by atoms with E-state index in [-0.39, 0.29) is 6.61 Å². The molecule has 0 saturated carbocycles. The molecule has 0 atom stereocenters. The monoisotopic (exact) mass is 159 g/mol. The minimum atomic E-state index is -1.25. The van der Waals surface area contributed by atoms with Gasteiger partial charge in [0.1, 0.15) is 0 Å². The second kappa shape index (κ2) is 4.13. The Hall–Kier alpha value is -1.75. The largest absolute Gasteiger partial charge is 0.690 e. The summed E-state index contributed by atoms with van der Waals surface area (Å²) in [6.45, 7) is 1.47. The van der Waals surface area contributed by atoms with Crippen LogP contribution < -0.4 is 0 Å². The number of carbonyl (C=O) groups excluding carboxylic acids is 1. The van der Waals surface area contributed by atoms with E-state index in [4.69, 9.17) is 5.53 Å². The van der Waals surface area contributed by atoms with Gasteiger partial charge >= 0.3 is 11.8 Å². The molecule has 7 heteroatoms. The summed E-state index contributed by atoms with van der Waals surface area (Å²) in [6.07, 6.45) is 0. The van der Waals surface area contributed by atoms with Crippen molar-refractivity contribution >= 4 is 11.8 Å². The fraction of sp³-hybridized carbons (Fsp3) is 0.500. The van der Waals surface area contributed by atoms with Crippen molar-refractivity contribution in [2.45, 2.75) is 6.92 Å². The van der Waals surface area contributed by atoms with E-state index in [0.29, 0.717) is 0 Å². The molecule has 0 aliphatic heterocycles. The Morgan fingerprint density at radius 3 is 2.64 bits per heavy atom. The molecule has 0 aliphatic rings. The van der Waals surface area contributed by atoms with Crippen LogP contribution in [-0.4, -0.2) is 28.1 Å². The van der Waals surface area contributed by atoms with Gasteiger partial charge in [-0.15, -0.1) is 0 Å². The van der Waals surface area contributed by atoms with E-state index < -0.39 is 16.7 Å². The van der Waals surface area contributed by atoms with E-state index in [9.17, 15) is 14.9 Å². The van der Waals surface area contributed by atoms with Crippen molar-refractivity contribution < 1.29 is 19.2 Å². The smallest absolute Gasteiger partial charge is 0.452 e. The first kappa shape index (κ1) is 9.25. The highest BCUT2D eigenvalue weighted by Gasteiger charge is 2.36. The lowest BCUT2D eigenvalue weighted by Crippen LogP contribution is -2.26. The molecule has 7 nitrogen and oxygen atoms in total. The summed E-state index contributed by atoms with van der Waals surface area (Å²) in [5.74, 6) is -2.47. The third-order valence-electron chi connectivity index (χ3n) is 0.726. The van der Waals surface area contributed by atoms with Gasteiger partial charge in [-0.05, 0) is 6.92 Å². The molecule has 0 aromatic carbocycles. The molecular weight excluding hydrogens is 154 g/mol. The van der Waals surface area contributed by atoms with Crippen molar-refractivity contribution in [1.82, 2.24) is 0 Å². The Balaban J connectivity index is 4.42. The van der Waals surface area contributed by atoms with Crippen LogP contribution in [-0.2, 0) is 9.53 Å². The third-order valence-corrected chi connectivity index (χ3v) is 0.726. The molecular formula is C4H5N3O4. The van der Waals surface area contributed by atoms with E-state index in [1.165, 1.54) is 6.92 Å². The van der Waals surface area contributed by atoms with Crippen LogP contribution in [0.15, 0.2) is 0 Å². The fourth-order valence-electron chi connectivity index (χ4n) is 0.348. The number of rotatable bonds is 1. The van der Waals surface area contributed by atoms with Crippen LogP contribution in [0.1, 0.15) is 6.92 Å². The van der Waals surface area contributed by atoms with Gasteiger partial charge in [0.25, 0.3) is 0 Å². The number of nitro groups is 1. The van der Waals surface area contributed by atoms with Gasteiger partial charge in [-0.2, -0.15) is 0 Å². The fourth-order valence-corrected chi connectivity index (χ4v) is 0.348. The molecule has 0 rings (SSSR count). The summed E-state index contributed by atoms with van der Waals surface area (Å²) in [5, 5.41) is 9.86. The Kier molecular flexibility index (Phi) is 3.47. The molecule has 0 unspecified atom stereocenters. The van der Waals surface area contributed by atoms with Gasteiger partial charge in [0.2, 0.25) is 0 Å². The van der Waals surface area contributed by atoms with E-state index in [1.807, 2.05) is 0 Å². The Labute approximate surface area is 61.3 Å². The summed E-state index contributed by atoms with van der Waals surface area (Å²) in [5.41, 5.74) is 7.94. The van der Waals surface area contributed by atoms with Crippen LogP contribution in [0.3, 0.4) is 0 Å². The van der Waals surface area contributed by atoms with Crippen molar-refractivity contribution in [1.29, 1.82) is 0 Å². The maximum absolute atomic E-state index is 10.5. The molecule has 60 valence electrons. The predicted octanol–water partition coefficient (Wildman–Crippen LogP) is -0.545. The van der Waals surface area contributed by atoms with Crippen LogP contribution in [0.5, 0.6) is 0 Å². The summed E-state index contributed by atoms with van der Waals surface area (Å²) in [7, 11) is 0. The first-order valence-corrected chi connectivity index (χ1v) is 2.67. The summed E-state index contributed by atoms with van der Waals surface area (Å²) in [4.78, 5) is 21.3. The maximum Gasteiger partial charge on any atom is 0.690 e. The van der Waals surface area contributed by atoms with Crippen molar-refractivity contribution in [3.8, 4) is 0 Å². The van der Waals surface area contributed by atoms with Crippen LogP contribution in [0.2, 0.25) is 0 Å². The lowest BCUT2D eigenvalue weighted by Gasteiger charge is -1.89. The summed E-state index contributed by atoms with van der Waals surface area (Å²) >= 11 is 0. The van der Waals surface area contributed by atoms with Gasteiger partial charge in [-0.3, -0.25) is 10.1 Å². The molecule has 0 spiro atoms. The molecule has 0 heterocycles. The molecule has 0 radical (unpaired) electrons. The number of esters is 1. The maximum atomic E-state index is 10.5. The van der Waals surface area contributed by atoms with Crippen LogP contribution in [0.4, 0.5) is 0 Å². The van der Waals surface area contributed by atoms with Gasteiger partial charge < -0.3 is 10.3 Å². The minimum absolute atomic E-state index is 0.00824. The zero-order chi connectivity index (χ0) is 8.85. The molecule has 0 saturated heterocycles. The quantitative estimate of drug-likeness (QED) is 0.0972. The van der Waals surface area contributed by atoms with Crippen LogP contribution in [0.25, 0.3) is 5.53 Å². The highest BCUT2D eigenvalue weighted by molar-refractivity contribution is 6.28. The standard InChI is InChI=1S/C4H5N3O4/c1-2-11-4(8)3(6-5)7(9)10/h2H2,1H3. The van der Waals surface area contributed by atoms with Gasteiger partial charge in [0, 0.05) is 0 Å². The number of ether oxygens (including phenoxy) is 1. The van der Waals surface area contributed by atoms with Crippen LogP contribution in [0, 0.1) is 10.1 Å². The summed E-state index contributed by atoms with van der Waals surface area (Å²) in [6, 6.07) is 0. The Morgan fingerprint density at radius 1 is 1.82 bits per heavy atom. The molecule has 0 N–H and O–H groups in total. The third kappa shape index (κ3) is 2.55. The first-order chi connectivity index (χ1) is 5.13. The summed E-state index contributed by atoms with van der Waals surface area (Å²) < 4.78 is 4.18. The second-order valence-electron chi connectivity index (χ2n) is 1.40. The first-order valence-electron chi connectivity index (χ1n) is 2.67. The van der Waals surface area contributed by atoms with E-state index in [1.54, 1.807) is 0 Å². The van der Waals surface area contributed by atoms with Crippen molar-refractivity contribution in [2.24, 2.45) is 0 Å². The SMILES string of the molecule is CCOC(=O)C(=[N+]=[N-])[N+](=O)[O-]. The lowest BCUT2D eigenvalue weighted by molar-refractivity contribution is -0.383. The molecule has 11 heavy (non-hydrogen) atoms. The molecule has 0 fully saturated rings. The molecule has 0 aliphatic carbocycles. The lowest BCUT2D eigenvalue weighted by atomic mass is 10.6. The number of amidine groups is 1. The zero-order valence-electron chi connectivity index (χ0n) is 5.68. The normalized spacial score (nSPS) is 8.09.